The van der Waals surface area contributed by atoms with Crippen LogP contribution < -0.4 is 14.8 Å². The first-order valence-electron chi connectivity index (χ1n) is 11.1. The summed E-state index contributed by atoms with van der Waals surface area (Å²) >= 11 is 1.40. The summed E-state index contributed by atoms with van der Waals surface area (Å²) in [4.78, 5) is 16.9. The maximum Gasteiger partial charge on any atom is 0.250 e. The zero-order valence-electron chi connectivity index (χ0n) is 18.7. The van der Waals surface area contributed by atoms with E-state index in [2.05, 4.69) is 24.1 Å². The maximum atomic E-state index is 12.4. The Morgan fingerprint density at radius 3 is 2.47 bits per heavy atom. The van der Waals surface area contributed by atoms with E-state index in [9.17, 15) is 4.79 Å². The molecule has 32 heavy (non-hydrogen) atoms. The number of benzene rings is 2. The highest BCUT2D eigenvalue weighted by atomic mass is 32.1. The number of unbranched alkanes of at least 4 members (excludes halogenated alkanes) is 2. The molecule has 1 N–H and O–H groups in total. The van der Waals surface area contributed by atoms with Gasteiger partial charge in [-0.15, -0.1) is 11.3 Å². The molecule has 1 amide bonds. The second kappa shape index (κ2) is 12.7. The number of nitrogens with one attached hydrogen (secondary N) is 1. The number of amides is 1. The third-order valence-electron chi connectivity index (χ3n) is 4.74. The first-order chi connectivity index (χ1) is 15.7. The largest absolute Gasteiger partial charge is 0.494 e. The van der Waals surface area contributed by atoms with Crippen LogP contribution in [0.1, 0.15) is 45.1 Å². The first kappa shape index (κ1) is 23.5. The van der Waals surface area contributed by atoms with Gasteiger partial charge in [-0.1, -0.05) is 44.9 Å². The molecule has 0 aliphatic heterocycles. The molecule has 0 radical (unpaired) electrons. The molecule has 1 aromatic heterocycles. The lowest BCUT2D eigenvalue weighted by Crippen LogP contribution is -2.07. The molecule has 5 nitrogen and oxygen atoms in total. The molecule has 1 heterocycles. The average molecular weight is 451 g/mol. The number of rotatable bonds is 12. The van der Waals surface area contributed by atoms with Crippen molar-refractivity contribution < 1.29 is 14.3 Å². The van der Waals surface area contributed by atoms with E-state index in [0.29, 0.717) is 11.7 Å². The minimum Gasteiger partial charge on any atom is -0.494 e. The van der Waals surface area contributed by atoms with Crippen LogP contribution in [0, 0.1) is 0 Å². The fraction of sp³-hybridized carbons (Fsp3) is 0.308. The molecule has 0 spiro atoms. The predicted molar refractivity (Wildman–Crippen MR) is 132 cm³/mol. The SMILES string of the molecule is CCCCOc1ccc(-c2csc(NC(=O)/C=C/c3ccccc3OCCCC)n2)cc1. The van der Waals surface area contributed by atoms with Crippen molar-refractivity contribution in [2.24, 2.45) is 0 Å². The van der Waals surface area contributed by atoms with E-state index in [1.54, 1.807) is 6.08 Å². The Morgan fingerprint density at radius 1 is 1.00 bits per heavy atom. The van der Waals surface area contributed by atoms with Gasteiger partial charge in [0.15, 0.2) is 5.13 Å². The highest BCUT2D eigenvalue weighted by Crippen LogP contribution is 2.27. The minimum atomic E-state index is -0.228. The molecule has 2 aromatic carbocycles. The first-order valence-corrected chi connectivity index (χ1v) is 12.0. The van der Waals surface area contributed by atoms with Crippen molar-refractivity contribution in [3.05, 3.63) is 65.6 Å². The second-order valence-electron chi connectivity index (χ2n) is 7.33. The summed E-state index contributed by atoms with van der Waals surface area (Å²) in [5, 5.41) is 5.33. The zero-order chi connectivity index (χ0) is 22.6. The highest BCUT2D eigenvalue weighted by molar-refractivity contribution is 7.14. The monoisotopic (exact) mass is 450 g/mol. The van der Waals surface area contributed by atoms with Crippen molar-refractivity contribution in [1.82, 2.24) is 4.98 Å². The normalized spacial score (nSPS) is 10.9. The average Bonchev–Trinajstić information content (AvgIpc) is 3.27. The smallest absolute Gasteiger partial charge is 0.250 e. The van der Waals surface area contributed by atoms with E-state index in [4.69, 9.17) is 9.47 Å². The van der Waals surface area contributed by atoms with Crippen molar-refractivity contribution in [3.8, 4) is 22.8 Å². The number of aromatic nitrogens is 1. The molecule has 6 heteroatoms. The van der Waals surface area contributed by atoms with Crippen molar-refractivity contribution in [2.45, 2.75) is 39.5 Å². The van der Waals surface area contributed by atoms with Gasteiger partial charge in [-0.3, -0.25) is 10.1 Å². The molecular formula is C26H30N2O3S. The Balaban J connectivity index is 1.57. The molecule has 0 atom stereocenters. The van der Waals surface area contributed by atoms with Crippen molar-refractivity contribution in [2.75, 3.05) is 18.5 Å². The van der Waals surface area contributed by atoms with Crippen molar-refractivity contribution in [3.63, 3.8) is 0 Å². The molecule has 0 aliphatic carbocycles. The quantitative estimate of drug-likeness (QED) is 0.243. The van der Waals surface area contributed by atoms with Gasteiger partial charge in [0.1, 0.15) is 11.5 Å². The van der Waals surface area contributed by atoms with Crippen LogP contribution >= 0.6 is 11.3 Å². The molecule has 168 valence electrons. The highest BCUT2D eigenvalue weighted by Gasteiger charge is 2.07. The lowest BCUT2D eigenvalue weighted by molar-refractivity contribution is -0.111. The molecule has 0 fully saturated rings. The number of ether oxygens (including phenoxy) is 2. The Morgan fingerprint density at radius 2 is 1.72 bits per heavy atom. The number of carbonyl (C=O) groups is 1. The van der Waals surface area contributed by atoms with E-state index < -0.39 is 0 Å². The number of anilines is 1. The molecule has 0 saturated carbocycles. The maximum absolute atomic E-state index is 12.4. The van der Waals surface area contributed by atoms with Crippen LogP contribution in [0.25, 0.3) is 17.3 Å². The molecular weight excluding hydrogens is 420 g/mol. The summed E-state index contributed by atoms with van der Waals surface area (Å²) in [6.45, 7) is 5.66. The molecule has 0 aliphatic rings. The Kier molecular flexibility index (Phi) is 9.32. The summed E-state index contributed by atoms with van der Waals surface area (Å²) in [6, 6.07) is 15.6. The fourth-order valence-corrected chi connectivity index (χ4v) is 3.63. The number of hydrogen-bond acceptors (Lipinski definition) is 5. The summed E-state index contributed by atoms with van der Waals surface area (Å²) < 4.78 is 11.5. The number of thiazole rings is 1. The van der Waals surface area contributed by atoms with Crippen LogP contribution in [0.15, 0.2) is 60.0 Å². The van der Waals surface area contributed by atoms with Crippen LogP contribution in [-0.4, -0.2) is 24.1 Å². The van der Waals surface area contributed by atoms with Gasteiger partial charge in [0.2, 0.25) is 5.91 Å². The van der Waals surface area contributed by atoms with E-state index >= 15 is 0 Å². The summed E-state index contributed by atoms with van der Waals surface area (Å²) in [7, 11) is 0. The molecule has 3 rings (SSSR count). The van der Waals surface area contributed by atoms with Gasteiger partial charge in [-0.05, 0) is 49.2 Å². The summed E-state index contributed by atoms with van der Waals surface area (Å²) in [6.07, 6.45) is 7.50. The van der Waals surface area contributed by atoms with Gasteiger partial charge in [0, 0.05) is 22.6 Å². The van der Waals surface area contributed by atoms with Crippen molar-refractivity contribution in [1.29, 1.82) is 0 Å². The van der Waals surface area contributed by atoms with Crippen molar-refractivity contribution >= 4 is 28.5 Å². The number of nitrogens with zero attached hydrogens (tertiary/aromatic N) is 1. The van der Waals surface area contributed by atoms with Gasteiger partial charge in [0.05, 0.1) is 18.9 Å². The van der Waals surface area contributed by atoms with Crippen LogP contribution in [0.5, 0.6) is 11.5 Å². The van der Waals surface area contributed by atoms with E-state index in [1.165, 1.54) is 17.4 Å². The summed E-state index contributed by atoms with van der Waals surface area (Å²) in [5.74, 6) is 1.41. The van der Waals surface area contributed by atoms with Gasteiger partial charge >= 0.3 is 0 Å². The van der Waals surface area contributed by atoms with Gasteiger partial charge in [0.25, 0.3) is 0 Å². The minimum absolute atomic E-state index is 0.228. The Hall–Kier alpha value is -3.12. The fourth-order valence-electron chi connectivity index (χ4n) is 2.91. The Bertz CT molecular complexity index is 1010. The van der Waals surface area contributed by atoms with Crippen LogP contribution in [-0.2, 0) is 4.79 Å². The third kappa shape index (κ3) is 7.24. The number of para-hydroxylation sites is 1. The van der Waals surface area contributed by atoms with Crippen LogP contribution in [0.2, 0.25) is 0 Å². The third-order valence-corrected chi connectivity index (χ3v) is 5.50. The topological polar surface area (TPSA) is 60.5 Å². The predicted octanol–water partition coefficient (Wildman–Crippen LogP) is 6.82. The molecule has 0 bridgehead atoms. The molecule has 0 saturated heterocycles. The lowest BCUT2D eigenvalue weighted by atomic mass is 10.2. The second-order valence-corrected chi connectivity index (χ2v) is 8.18. The van der Waals surface area contributed by atoms with E-state index in [0.717, 1.165) is 60.6 Å². The van der Waals surface area contributed by atoms with E-state index in [1.807, 2.05) is 53.9 Å². The zero-order valence-corrected chi connectivity index (χ0v) is 19.5. The van der Waals surface area contributed by atoms with Gasteiger partial charge < -0.3 is 9.47 Å². The van der Waals surface area contributed by atoms with Crippen LogP contribution in [0.3, 0.4) is 0 Å². The molecule has 3 aromatic rings. The van der Waals surface area contributed by atoms with Gasteiger partial charge in [-0.25, -0.2) is 4.98 Å². The van der Waals surface area contributed by atoms with E-state index in [-0.39, 0.29) is 5.91 Å². The van der Waals surface area contributed by atoms with Crippen LogP contribution in [0.4, 0.5) is 5.13 Å². The lowest BCUT2D eigenvalue weighted by Gasteiger charge is -2.08. The molecule has 0 unspecified atom stereocenters. The Labute approximate surface area is 194 Å². The number of hydrogen-bond donors (Lipinski definition) is 1. The van der Waals surface area contributed by atoms with Gasteiger partial charge in [-0.2, -0.15) is 0 Å². The summed E-state index contributed by atoms with van der Waals surface area (Å²) in [5.41, 5.74) is 2.68. The number of carbonyl (C=O) groups excluding carboxylic acids is 1. The standard InChI is InChI=1S/C26H30N2O3S/c1-3-5-17-30-22-14-11-20(12-15-22)23-19-32-26(27-23)28-25(29)16-13-21-9-7-8-10-24(21)31-18-6-4-2/h7-16,19H,3-6,17-18H2,1-2H3,(H,27,28,29)/b16-13+.